The second kappa shape index (κ2) is 14.8. The van der Waals surface area contributed by atoms with Crippen molar-refractivity contribution in [3.05, 3.63) is 113 Å². The number of hydrogen-bond donors (Lipinski definition) is 1. The number of nitrogens with one attached hydrogen (secondary N) is 1. The second-order valence-electron chi connectivity index (χ2n) is 11.6. The molecule has 0 aliphatic heterocycles. The Hall–Kier alpha value is -3.68. The summed E-state index contributed by atoms with van der Waals surface area (Å²) in [6.07, 6.45) is 4.62. The number of carbonyl (C=O) groups is 2. The number of esters is 1. The first-order valence-electron chi connectivity index (χ1n) is 14.0. The fourth-order valence-electron chi connectivity index (χ4n) is 4.08. The summed E-state index contributed by atoms with van der Waals surface area (Å²) < 4.78 is 17.4. The molecule has 0 aliphatic rings. The van der Waals surface area contributed by atoms with Gasteiger partial charge in [-0.05, 0) is 59.8 Å². The van der Waals surface area contributed by atoms with Crippen molar-refractivity contribution in [3.8, 4) is 0 Å². The molecule has 3 rings (SSSR count). The first-order valence-corrected chi connectivity index (χ1v) is 17.0. The SMILES string of the molecule is COC(=O)c1ccc(/C=C/CCC(NC(=O)OCc2ccccc2)[C@H](O[Si](C)(C)C(C)(C)C)c2ccccc2)cc1. The van der Waals surface area contributed by atoms with Crippen LogP contribution in [0.15, 0.2) is 91.0 Å². The number of amides is 1. The van der Waals surface area contributed by atoms with E-state index < -0.39 is 14.4 Å². The number of carbonyl (C=O) groups excluding carboxylic acids is 2. The van der Waals surface area contributed by atoms with Crippen LogP contribution in [0.2, 0.25) is 18.1 Å². The number of rotatable bonds is 12. The summed E-state index contributed by atoms with van der Waals surface area (Å²) in [6.45, 7) is 11.3. The summed E-state index contributed by atoms with van der Waals surface area (Å²) in [4.78, 5) is 24.8. The highest BCUT2D eigenvalue weighted by atomic mass is 28.4. The van der Waals surface area contributed by atoms with Crippen LogP contribution in [0.4, 0.5) is 4.79 Å². The molecule has 0 saturated heterocycles. The van der Waals surface area contributed by atoms with E-state index in [1.165, 1.54) is 7.11 Å². The van der Waals surface area contributed by atoms with Crippen molar-refractivity contribution in [2.24, 2.45) is 0 Å². The quantitative estimate of drug-likeness (QED) is 0.174. The van der Waals surface area contributed by atoms with E-state index in [4.69, 9.17) is 13.9 Å². The molecule has 0 aromatic heterocycles. The molecule has 0 heterocycles. The average molecular weight is 574 g/mol. The van der Waals surface area contributed by atoms with E-state index in [-0.39, 0.29) is 29.8 Å². The van der Waals surface area contributed by atoms with Gasteiger partial charge < -0.3 is 19.2 Å². The van der Waals surface area contributed by atoms with Gasteiger partial charge in [0.2, 0.25) is 0 Å². The Morgan fingerprint density at radius 2 is 1.51 bits per heavy atom. The highest BCUT2D eigenvalue weighted by Gasteiger charge is 2.41. The van der Waals surface area contributed by atoms with Crippen LogP contribution in [-0.2, 0) is 20.5 Å². The summed E-state index contributed by atoms with van der Waals surface area (Å²) in [5.74, 6) is -0.359. The molecule has 2 atom stereocenters. The topological polar surface area (TPSA) is 73.9 Å². The van der Waals surface area contributed by atoms with Crippen molar-refractivity contribution < 1.29 is 23.5 Å². The van der Waals surface area contributed by atoms with Gasteiger partial charge in [0.25, 0.3) is 0 Å². The zero-order chi connectivity index (χ0) is 29.9. The van der Waals surface area contributed by atoms with Crippen LogP contribution in [0.5, 0.6) is 0 Å². The lowest BCUT2D eigenvalue weighted by molar-refractivity contribution is 0.0600. The van der Waals surface area contributed by atoms with E-state index in [0.717, 1.165) is 16.7 Å². The lowest BCUT2D eigenvalue weighted by Crippen LogP contribution is -2.48. The Labute approximate surface area is 245 Å². The molecule has 6 nitrogen and oxygen atoms in total. The van der Waals surface area contributed by atoms with E-state index >= 15 is 0 Å². The van der Waals surface area contributed by atoms with Crippen LogP contribution in [0.3, 0.4) is 0 Å². The predicted molar refractivity (Wildman–Crippen MR) is 167 cm³/mol. The predicted octanol–water partition coefficient (Wildman–Crippen LogP) is 8.32. The number of methoxy groups -OCH3 is 1. The van der Waals surface area contributed by atoms with Crippen molar-refractivity contribution >= 4 is 26.5 Å². The van der Waals surface area contributed by atoms with E-state index in [0.29, 0.717) is 18.4 Å². The summed E-state index contributed by atoms with van der Waals surface area (Å²) in [6, 6.07) is 26.7. The van der Waals surface area contributed by atoms with Crippen LogP contribution in [0, 0.1) is 0 Å². The largest absolute Gasteiger partial charge is 0.465 e. The Morgan fingerprint density at radius 3 is 2.10 bits per heavy atom. The van der Waals surface area contributed by atoms with Crippen molar-refractivity contribution in [1.82, 2.24) is 5.32 Å². The Morgan fingerprint density at radius 1 is 0.902 bits per heavy atom. The molecule has 41 heavy (non-hydrogen) atoms. The normalized spacial score (nSPS) is 13.4. The Kier molecular flexibility index (Phi) is 11.5. The molecule has 0 bridgehead atoms. The first kappa shape index (κ1) is 31.8. The lowest BCUT2D eigenvalue weighted by Gasteiger charge is -2.41. The highest BCUT2D eigenvalue weighted by molar-refractivity contribution is 6.74. The van der Waals surface area contributed by atoms with E-state index in [1.54, 1.807) is 12.1 Å². The molecule has 1 N–H and O–H groups in total. The third-order valence-corrected chi connectivity index (χ3v) is 12.0. The monoisotopic (exact) mass is 573 g/mol. The molecule has 0 saturated carbocycles. The van der Waals surface area contributed by atoms with E-state index in [1.807, 2.05) is 66.7 Å². The maximum absolute atomic E-state index is 13.1. The zero-order valence-electron chi connectivity index (χ0n) is 25.1. The van der Waals surface area contributed by atoms with Crippen molar-refractivity contribution in [1.29, 1.82) is 0 Å². The fourth-order valence-corrected chi connectivity index (χ4v) is 5.37. The van der Waals surface area contributed by atoms with Gasteiger partial charge in [-0.3, -0.25) is 0 Å². The molecule has 0 fully saturated rings. The van der Waals surface area contributed by atoms with Crippen LogP contribution in [0.25, 0.3) is 6.08 Å². The zero-order valence-corrected chi connectivity index (χ0v) is 26.1. The summed E-state index contributed by atoms with van der Waals surface area (Å²) in [5, 5.41) is 3.13. The van der Waals surface area contributed by atoms with Gasteiger partial charge >= 0.3 is 12.1 Å². The van der Waals surface area contributed by atoms with Gasteiger partial charge in [-0.25, -0.2) is 9.59 Å². The van der Waals surface area contributed by atoms with Crippen molar-refractivity contribution in [2.45, 2.75) is 70.5 Å². The Balaban J connectivity index is 1.80. The van der Waals surface area contributed by atoms with Crippen molar-refractivity contribution in [3.63, 3.8) is 0 Å². The molecule has 218 valence electrons. The molecular weight excluding hydrogens is 530 g/mol. The van der Waals surface area contributed by atoms with Gasteiger partial charge in [-0.1, -0.05) is 106 Å². The summed E-state index contributed by atoms with van der Waals surface area (Å²) in [7, 11) is -0.831. The molecule has 3 aromatic rings. The smallest absolute Gasteiger partial charge is 0.407 e. The van der Waals surface area contributed by atoms with E-state index in [9.17, 15) is 9.59 Å². The Bertz CT molecular complexity index is 1270. The van der Waals surface area contributed by atoms with Crippen LogP contribution in [-0.4, -0.2) is 33.5 Å². The molecule has 7 heteroatoms. The third kappa shape index (κ3) is 9.72. The molecule has 0 aliphatic carbocycles. The van der Waals surface area contributed by atoms with Gasteiger partial charge in [-0.2, -0.15) is 0 Å². The van der Waals surface area contributed by atoms with Gasteiger partial charge in [0.05, 0.1) is 24.8 Å². The third-order valence-electron chi connectivity index (χ3n) is 7.52. The van der Waals surface area contributed by atoms with Crippen LogP contribution < -0.4 is 5.32 Å². The summed E-state index contributed by atoms with van der Waals surface area (Å²) in [5.41, 5.74) is 3.43. The van der Waals surface area contributed by atoms with Gasteiger partial charge in [0, 0.05) is 0 Å². The number of benzene rings is 3. The number of alkyl carbamates (subject to hydrolysis) is 1. The minimum absolute atomic E-state index is 0.00529. The number of hydrogen-bond acceptors (Lipinski definition) is 5. The maximum Gasteiger partial charge on any atom is 0.407 e. The van der Waals surface area contributed by atoms with Gasteiger partial charge in [0.1, 0.15) is 6.61 Å². The van der Waals surface area contributed by atoms with Crippen molar-refractivity contribution in [2.75, 3.05) is 7.11 Å². The van der Waals surface area contributed by atoms with Gasteiger partial charge in [0.15, 0.2) is 8.32 Å². The van der Waals surface area contributed by atoms with Gasteiger partial charge in [-0.15, -0.1) is 0 Å². The van der Waals surface area contributed by atoms with Crippen LogP contribution >= 0.6 is 0 Å². The highest BCUT2D eigenvalue weighted by Crippen LogP contribution is 2.41. The fraction of sp³-hybridized carbons (Fsp3) is 0.353. The lowest BCUT2D eigenvalue weighted by atomic mass is 9.98. The standard InChI is InChI=1S/C34H43NO5Si/c1-34(2,3)41(5,6)40-31(28-18-11-8-12-19-28)30(35-33(37)39-25-27-16-9-7-10-17-27)20-14-13-15-26-21-23-29(24-22-26)32(36)38-4/h7-13,15-19,21-24,30-31H,14,20,25H2,1-6H3,(H,35,37)/b15-13+/t30?,31-/m1/s1. The minimum Gasteiger partial charge on any atom is -0.465 e. The molecule has 1 unspecified atom stereocenters. The van der Waals surface area contributed by atoms with Crippen LogP contribution in [0.1, 0.15) is 66.8 Å². The number of allylic oxidation sites excluding steroid dienone is 1. The first-order chi connectivity index (χ1) is 19.5. The maximum atomic E-state index is 13.1. The molecule has 3 aromatic carbocycles. The number of ether oxygens (including phenoxy) is 2. The summed E-state index contributed by atoms with van der Waals surface area (Å²) >= 11 is 0. The minimum atomic E-state index is -2.20. The van der Waals surface area contributed by atoms with E-state index in [2.05, 4.69) is 57.4 Å². The second-order valence-corrected chi connectivity index (χ2v) is 16.4. The molecule has 1 amide bonds. The average Bonchev–Trinajstić information content (AvgIpc) is 2.97. The molecular formula is C34H43NO5Si. The molecule has 0 radical (unpaired) electrons. The molecule has 0 spiro atoms.